The molecule has 0 radical (unpaired) electrons. The van der Waals surface area contributed by atoms with Crippen molar-refractivity contribution in [3.63, 3.8) is 0 Å². The van der Waals surface area contributed by atoms with Gasteiger partial charge in [0.25, 0.3) is 0 Å². The van der Waals surface area contributed by atoms with Gasteiger partial charge in [-0.05, 0) is 62.5 Å². The van der Waals surface area contributed by atoms with Crippen LogP contribution in [0.5, 0.6) is 0 Å². The van der Waals surface area contributed by atoms with Crippen molar-refractivity contribution < 1.29 is 0 Å². The molecule has 1 fully saturated rings. The molecule has 1 aliphatic carbocycles. The zero-order valence-corrected chi connectivity index (χ0v) is 11.6. The number of rotatable bonds is 3. The van der Waals surface area contributed by atoms with Crippen LogP contribution in [0.1, 0.15) is 56.6 Å². The van der Waals surface area contributed by atoms with Gasteiger partial charge in [-0.3, -0.25) is 0 Å². The standard InChI is InChI=1S/C18H24/c1-3-5-15-7-11-17(12-8-15)18-13-9-16(6-4-2)10-14-18/h3-8,11-12,16,18H,9-10,13-14H2,1-2H3. The topological polar surface area (TPSA) is 0 Å². The summed E-state index contributed by atoms with van der Waals surface area (Å²) >= 11 is 0. The fourth-order valence-corrected chi connectivity index (χ4v) is 2.99. The van der Waals surface area contributed by atoms with E-state index in [0.717, 1.165) is 11.8 Å². The quantitative estimate of drug-likeness (QED) is 0.606. The maximum atomic E-state index is 2.38. The molecule has 0 aliphatic heterocycles. The Morgan fingerprint density at radius 1 is 0.889 bits per heavy atom. The molecule has 0 aromatic heterocycles. The first-order valence-corrected chi connectivity index (χ1v) is 7.19. The molecule has 0 N–H and O–H groups in total. The van der Waals surface area contributed by atoms with Crippen LogP contribution in [0.25, 0.3) is 6.08 Å². The van der Waals surface area contributed by atoms with Crippen LogP contribution in [0.4, 0.5) is 0 Å². The lowest BCUT2D eigenvalue weighted by molar-refractivity contribution is 0.375. The first-order chi connectivity index (χ1) is 8.83. The highest BCUT2D eigenvalue weighted by molar-refractivity contribution is 5.49. The molecule has 1 saturated carbocycles. The molecule has 0 spiro atoms. The van der Waals surface area contributed by atoms with E-state index in [1.54, 1.807) is 0 Å². The van der Waals surface area contributed by atoms with E-state index >= 15 is 0 Å². The molecule has 1 aliphatic rings. The van der Waals surface area contributed by atoms with E-state index in [1.165, 1.54) is 36.8 Å². The van der Waals surface area contributed by atoms with Crippen molar-refractivity contribution in [2.24, 2.45) is 5.92 Å². The molecule has 0 saturated heterocycles. The summed E-state index contributed by atoms with van der Waals surface area (Å²) in [6.07, 6.45) is 14.2. The predicted octanol–water partition coefficient (Wildman–Crippen LogP) is 5.57. The van der Waals surface area contributed by atoms with Crippen LogP contribution in [0.15, 0.2) is 42.5 Å². The number of hydrogen-bond acceptors (Lipinski definition) is 0. The minimum Gasteiger partial charge on any atom is -0.0914 e. The van der Waals surface area contributed by atoms with Crippen LogP contribution >= 0.6 is 0 Å². The predicted molar refractivity (Wildman–Crippen MR) is 80.7 cm³/mol. The van der Waals surface area contributed by atoms with Gasteiger partial charge in [0.1, 0.15) is 0 Å². The Hall–Kier alpha value is -1.30. The van der Waals surface area contributed by atoms with E-state index in [2.05, 4.69) is 62.4 Å². The Morgan fingerprint density at radius 3 is 2.11 bits per heavy atom. The molecular weight excluding hydrogens is 216 g/mol. The monoisotopic (exact) mass is 240 g/mol. The molecule has 96 valence electrons. The molecule has 0 atom stereocenters. The summed E-state index contributed by atoms with van der Waals surface area (Å²) in [6, 6.07) is 9.12. The third kappa shape index (κ3) is 3.35. The van der Waals surface area contributed by atoms with Gasteiger partial charge in [0.15, 0.2) is 0 Å². The molecule has 0 amide bonds. The Balaban J connectivity index is 1.97. The minimum atomic E-state index is 0.783. The molecule has 0 heteroatoms. The third-order valence-electron chi connectivity index (χ3n) is 4.00. The number of benzene rings is 1. The first-order valence-electron chi connectivity index (χ1n) is 7.19. The van der Waals surface area contributed by atoms with E-state index in [0.29, 0.717) is 0 Å². The fourth-order valence-electron chi connectivity index (χ4n) is 2.99. The van der Waals surface area contributed by atoms with E-state index in [1.807, 2.05) is 0 Å². The summed E-state index contributed by atoms with van der Waals surface area (Å²) in [5.41, 5.74) is 2.84. The Bertz CT molecular complexity index is 400. The Kier molecular flexibility index (Phi) is 4.81. The van der Waals surface area contributed by atoms with E-state index in [9.17, 15) is 0 Å². The zero-order valence-electron chi connectivity index (χ0n) is 11.6. The largest absolute Gasteiger partial charge is 0.0914 e. The number of hydrogen-bond donors (Lipinski definition) is 0. The summed E-state index contributed by atoms with van der Waals surface area (Å²) in [6.45, 7) is 4.20. The van der Waals surface area contributed by atoms with Crippen molar-refractivity contribution in [2.75, 3.05) is 0 Å². The third-order valence-corrected chi connectivity index (χ3v) is 4.00. The molecule has 0 unspecified atom stereocenters. The average molecular weight is 240 g/mol. The van der Waals surface area contributed by atoms with Crippen LogP contribution in [-0.2, 0) is 0 Å². The van der Waals surface area contributed by atoms with Gasteiger partial charge >= 0.3 is 0 Å². The Morgan fingerprint density at radius 2 is 1.56 bits per heavy atom. The highest BCUT2D eigenvalue weighted by Crippen LogP contribution is 2.36. The molecule has 2 rings (SSSR count). The van der Waals surface area contributed by atoms with Crippen molar-refractivity contribution in [1.29, 1.82) is 0 Å². The van der Waals surface area contributed by atoms with Crippen LogP contribution in [0.3, 0.4) is 0 Å². The van der Waals surface area contributed by atoms with Crippen LogP contribution < -0.4 is 0 Å². The lowest BCUT2D eigenvalue weighted by atomic mass is 9.78. The maximum absolute atomic E-state index is 2.38. The Labute approximate surface area is 111 Å². The van der Waals surface area contributed by atoms with Gasteiger partial charge in [-0.15, -0.1) is 0 Å². The van der Waals surface area contributed by atoms with Crippen LogP contribution in [0, 0.1) is 5.92 Å². The molecule has 0 bridgehead atoms. The summed E-state index contributed by atoms with van der Waals surface area (Å²) in [5.74, 6) is 1.61. The second kappa shape index (κ2) is 6.58. The molecular formula is C18H24. The molecule has 1 aromatic carbocycles. The van der Waals surface area contributed by atoms with Gasteiger partial charge < -0.3 is 0 Å². The molecule has 0 nitrogen and oxygen atoms in total. The normalized spacial score (nSPS) is 25.0. The highest BCUT2D eigenvalue weighted by Gasteiger charge is 2.20. The smallest absolute Gasteiger partial charge is 0.0162 e. The second-order valence-electron chi connectivity index (χ2n) is 5.30. The fraction of sp³-hybridized carbons (Fsp3) is 0.444. The second-order valence-corrected chi connectivity index (χ2v) is 5.30. The van der Waals surface area contributed by atoms with E-state index in [-0.39, 0.29) is 0 Å². The van der Waals surface area contributed by atoms with Crippen molar-refractivity contribution in [3.05, 3.63) is 53.6 Å². The molecule has 1 aromatic rings. The van der Waals surface area contributed by atoms with Crippen molar-refractivity contribution in [3.8, 4) is 0 Å². The number of allylic oxidation sites excluding steroid dienone is 3. The first kappa shape index (κ1) is 13.1. The van der Waals surface area contributed by atoms with Gasteiger partial charge in [0, 0.05) is 0 Å². The molecule has 18 heavy (non-hydrogen) atoms. The van der Waals surface area contributed by atoms with Gasteiger partial charge in [-0.2, -0.15) is 0 Å². The van der Waals surface area contributed by atoms with Crippen molar-refractivity contribution >= 4 is 6.08 Å². The highest BCUT2D eigenvalue weighted by atomic mass is 14.2. The summed E-state index contributed by atoms with van der Waals surface area (Å²) < 4.78 is 0. The average Bonchev–Trinajstić information content (AvgIpc) is 2.41. The van der Waals surface area contributed by atoms with Crippen LogP contribution in [-0.4, -0.2) is 0 Å². The van der Waals surface area contributed by atoms with Crippen molar-refractivity contribution in [2.45, 2.75) is 45.4 Å². The van der Waals surface area contributed by atoms with E-state index < -0.39 is 0 Å². The summed E-state index contributed by atoms with van der Waals surface area (Å²) in [7, 11) is 0. The summed E-state index contributed by atoms with van der Waals surface area (Å²) in [4.78, 5) is 0. The van der Waals surface area contributed by atoms with Gasteiger partial charge in [-0.1, -0.05) is 48.6 Å². The SMILES string of the molecule is CC=Cc1ccc(C2CCC(C=CC)CC2)cc1. The molecule has 0 heterocycles. The maximum Gasteiger partial charge on any atom is -0.0162 e. The minimum absolute atomic E-state index is 0.783. The van der Waals surface area contributed by atoms with E-state index in [4.69, 9.17) is 0 Å². The lowest BCUT2D eigenvalue weighted by Crippen LogP contribution is -2.11. The van der Waals surface area contributed by atoms with Gasteiger partial charge in [0.2, 0.25) is 0 Å². The van der Waals surface area contributed by atoms with Gasteiger partial charge in [-0.25, -0.2) is 0 Å². The van der Waals surface area contributed by atoms with Gasteiger partial charge in [0.05, 0.1) is 0 Å². The summed E-state index contributed by atoms with van der Waals surface area (Å²) in [5, 5.41) is 0. The van der Waals surface area contributed by atoms with Crippen LogP contribution in [0.2, 0.25) is 0 Å². The zero-order chi connectivity index (χ0) is 12.8. The van der Waals surface area contributed by atoms with Crippen molar-refractivity contribution in [1.82, 2.24) is 0 Å². The lowest BCUT2D eigenvalue weighted by Gasteiger charge is -2.27.